The number of aliphatic hydroxyl groups is 4. The van der Waals surface area contributed by atoms with Gasteiger partial charge in [-0.2, -0.15) is 0 Å². The lowest BCUT2D eigenvalue weighted by atomic mass is 10.1. The number of rotatable bonds is 4. The predicted octanol–water partition coefficient (Wildman–Crippen LogP) is -2.18. The Bertz CT molecular complexity index is 173. The van der Waals surface area contributed by atoms with Gasteiger partial charge in [-0.1, -0.05) is 0 Å². The van der Waals surface area contributed by atoms with E-state index >= 15 is 0 Å². The molecular formula is C8H16O6. The fourth-order valence-electron chi connectivity index (χ4n) is 1.40. The Morgan fingerprint density at radius 2 is 2.00 bits per heavy atom. The van der Waals surface area contributed by atoms with Gasteiger partial charge in [-0.05, 0) is 6.92 Å². The van der Waals surface area contributed by atoms with E-state index in [-0.39, 0.29) is 0 Å². The molecule has 1 rings (SSSR count). The zero-order valence-electron chi connectivity index (χ0n) is 7.91. The van der Waals surface area contributed by atoms with Crippen LogP contribution in [0.4, 0.5) is 0 Å². The van der Waals surface area contributed by atoms with Crippen molar-refractivity contribution in [1.82, 2.24) is 0 Å². The van der Waals surface area contributed by atoms with Gasteiger partial charge < -0.3 is 29.9 Å². The Morgan fingerprint density at radius 1 is 1.36 bits per heavy atom. The highest BCUT2D eigenvalue weighted by Crippen LogP contribution is 2.24. The summed E-state index contributed by atoms with van der Waals surface area (Å²) in [6.45, 7) is 1.52. The third kappa shape index (κ3) is 2.22. The van der Waals surface area contributed by atoms with Crippen LogP contribution in [0.15, 0.2) is 0 Å². The van der Waals surface area contributed by atoms with Crippen molar-refractivity contribution >= 4 is 0 Å². The van der Waals surface area contributed by atoms with E-state index in [2.05, 4.69) is 0 Å². The average molecular weight is 208 g/mol. The minimum Gasteiger partial charge on any atom is -0.394 e. The minimum atomic E-state index is -1.24. The van der Waals surface area contributed by atoms with Gasteiger partial charge in [0.05, 0.1) is 6.61 Å². The first-order valence-corrected chi connectivity index (χ1v) is 4.54. The Labute approximate surface area is 81.7 Å². The molecule has 0 unspecified atom stereocenters. The van der Waals surface area contributed by atoms with Gasteiger partial charge in [-0.25, -0.2) is 0 Å². The summed E-state index contributed by atoms with van der Waals surface area (Å²) in [5, 5.41) is 36.7. The molecule has 5 atom stereocenters. The van der Waals surface area contributed by atoms with Crippen LogP contribution in [-0.2, 0) is 9.47 Å². The molecule has 0 amide bonds. The predicted molar refractivity (Wildman–Crippen MR) is 45.4 cm³/mol. The van der Waals surface area contributed by atoms with Gasteiger partial charge in [0.1, 0.15) is 24.4 Å². The Kier molecular flexibility index (Phi) is 4.24. The number of aliphatic hydroxyl groups excluding tert-OH is 4. The summed E-state index contributed by atoms with van der Waals surface area (Å²) in [7, 11) is 0. The first-order chi connectivity index (χ1) is 6.61. The normalized spacial score (nSPS) is 40.1. The monoisotopic (exact) mass is 208 g/mol. The highest BCUT2D eigenvalue weighted by atomic mass is 16.7. The quantitative estimate of drug-likeness (QED) is 0.419. The number of hydrogen-bond acceptors (Lipinski definition) is 6. The van der Waals surface area contributed by atoms with Gasteiger partial charge in [0.2, 0.25) is 0 Å². The van der Waals surface area contributed by atoms with Crippen molar-refractivity contribution in [2.45, 2.75) is 37.6 Å². The molecule has 0 spiro atoms. The van der Waals surface area contributed by atoms with Crippen molar-refractivity contribution in [3.8, 4) is 0 Å². The lowest BCUT2D eigenvalue weighted by molar-refractivity contribution is -0.178. The fourth-order valence-corrected chi connectivity index (χ4v) is 1.40. The number of hydrogen-bond donors (Lipinski definition) is 4. The van der Waals surface area contributed by atoms with E-state index in [1.54, 1.807) is 6.92 Å². The summed E-state index contributed by atoms with van der Waals surface area (Å²) in [4.78, 5) is 0. The van der Waals surface area contributed by atoms with Crippen molar-refractivity contribution in [2.24, 2.45) is 0 Å². The van der Waals surface area contributed by atoms with Gasteiger partial charge in [-0.15, -0.1) is 0 Å². The highest BCUT2D eigenvalue weighted by molar-refractivity contribution is 4.90. The summed E-state index contributed by atoms with van der Waals surface area (Å²) in [5.41, 5.74) is 0. The zero-order valence-corrected chi connectivity index (χ0v) is 7.91. The van der Waals surface area contributed by atoms with Gasteiger partial charge in [0.15, 0.2) is 6.29 Å². The molecule has 1 fully saturated rings. The molecular weight excluding hydrogens is 192 g/mol. The summed E-state index contributed by atoms with van der Waals surface area (Å²) in [6, 6.07) is 0. The molecule has 84 valence electrons. The van der Waals surface area contributed by atoms with Crippen LogP contribution in [0.5, 0.6) is 0 Å². The Morgan fingerprint density at radius 3 is 2.50 bits per heavy atom. The smallest absolute Gasteiger partial charge is 0.186 e. The third-order valence-electron chi connectivity index (χ3n) is 2.15. The standard InChI is InChI=1S/C8H16O6/c1-2-13-8-6(12)5(11)7(14-8)4(10)3-9/h4-12H,2-3H2,1H3/t4-,5-,6-,7-,8-/m1/s1. The minimum absolute atomic E-state index is 0.330. The van der Waals surface area contributed by atoms with E-state index in [4.69, 9.17) is 14.6 Å². The maximum Gasteiger partial charge on any atom is 0.186 e. The Hall–Kier alpha value is -0.240. The van der Waals surface area contributed by atoms with Crippen molar-refractivity contribution in [1.29, 1.82) is 0 Å². The van der Waals surface area contributed by atoms with Crippen LogP contribution in [0.1, 0.15) is 6.92 Å². The van der Waals surface area contributed by atoms with E-state index in [9.17, 15) is 15.3 Å². The zero-order chi connectivity index (χ0) is 10.7. The van der Waals surface area contributed by atoms with E-state index in [0.29, 0.717) is 6.61 Å². The van der Waals surface area contributed by atoms with E-state index in [1.165, 1.54) is 0 Å². The molecule has 14 heavy (non-hydrogen) atoms. The molecule has 1 aliphatic rings. The lowest BCUT2D eigenvalue weighted by Crippen LogP contribution is -2.40. The molecule has 0 aromatic carbocycles. The fraction of sp³-hybridized carbons (Fsp3) is 1.00. The second kappa shape index (κ2) is 5.01. The molecule has 0 aromatic heterocycles. The summed E-state index contributed by atoms with van der Waals surface area (Å²) in [5.74, 6) is 0. The van der Waals surface area contributed by atoms with Gasteiger partial charge in [-0.3, -0.25) is 0 Å². The number of ether oxygens (including phenoxy) is 2. The topological polar surface area (TPSA) is 99.4 Å². The van der Waals surface area contributed by atoms with Crippen LogP contribution < -0.4 is 0 Å². The van der Waals surface area contributed by atoms with E-state index in [1.807, 2.05) is 0 Å². The lowest BCUT2D eigenvalue weighted by Gasteiger charge is -2.18. The molecule has 0 aromatic rings. The largest absolute Gasteiger partial charge is 0.394 e. The molecule has 1 saturated heterocycles. The molecule has 0 bridgehead atoms. The van der Waals surface area contributed by atoms with Crippen molar-refractivity contribution < 1.29 is 29.9 Å². The molecule has 4 N–H and O–H groups in total. The van der Waals surface area contributed by atoms with Crippen molar-refractivity contribution in [2.75, 3.05) is 13.2 Å². The van der Waals surface area contributed by atoms with Crippen LogP contribution in [0.3, 0.4) is 0 Å². The molecule has 0 aliphatic carbocycles. The summed E-state index contributed by atoms with van der Waals surface area (Å²) >= 11 is 0. The van der Waals surface area contributed by atoms with Gasteiger partial charge >= 0.3 is 0 Å². The maximum absolute atomic E-state index is 9.43. The van der Waals surface area contributed by atoms with E-state index in [0.717, 1.165) is 0 Å². The van der Waals surface area contributed by atoms with Crippen molar-refractivity contribution in [3.05, 3.63) is 0 Å². The molecule has 0 saturated carbocycles. The third-order valence-corrected chi connectivity index (χ3v) is 2.15. The molecule has 0 radical (unpaired) electrons. The SMILES string of the molecule is CCO[C@@H]1O[C@H]([C@H](O)CO)[C@H](O)[C@H]1O. The Balaban J connectivity index is 2.57. The van der Waals surface area contributed by atoms with Gasteiger partial charge in [0.25, 0.3) is 0 Å². The van der Waals surface area contributed by atoms with Crippen LogP contribution >= 0.6 is 0 Å². The van der Waals surface area contributed by atoms with Crippen LogP contribution in [0, 0.1) is 0 Å². The molecule has 6 heteroatoms. The highest BCUT2D eigenvalue weighted by Gasteiger charge is 2.46. The molecule has 1 aliphatic heterocycles. The van der Waals surface area contributed by atoms with Crippen LogP contribution in [0.2, 0.25) is 0 Å². The van der Waals surface area contributed by atoms with Crippen molar-refractivity contribution in [3.63, 3.8) is 0 Å². The maximum atomic E-state index is 9.43. The average Bonchev–Trinajstić information content (AvgIpc) is 2.46. The summed E-state index contributed by atoms with van der Waals surface area (Å²) in [6.07, 6.45) is -5.60. The van der Waals surface area contributed by atoms with Crippen LogP contribution in [-0.4, -0.2) is 64.3 Å². The summed E-state index contributed by atoms with van der Waals surface area (Å²) < 4.78 is 10.0. The van der Waals surface area contributed by atoms with E-state index < -0.39 is 37.3 Å². The van der Waals surface area contributed by atoms with Crippen LogP contribution in [0.25, 0.3) is 0 Å². The van der Waals surface area contributed by atoms with Gasteiger partial charge in [0, 0.05) is 6.61 Å². The first-order valence-electron chi connectivity index (χ1n) is 4.54. The molecule has 1 heterocycles. The first kappa shape index (κ1) is 11.8. The second-order valence-electron chi connectivity index (χ2n) is 3.16. The second-order valence-corrected chi connectivity index (χ2v) is 3.16. The molecule has 6 nitrogen and oxygen atoms in total.